The van der Waals surface area contributed by atoms with Crippen molar-refractivity contribution in [1.29, 1.82) is 0 Å². The Bertz CT molecular complexity index is 929. The van der Waals surface area contributed by atoms with Crippen molar-refractivity contribution < 1.29 is 4.79 Å². The highest BCUT2D eigenvalue weighted by atomic mass is 16.1. The third kappa shape index (κ3) is 3.29. The number of benzene rings is 2. The molecule has 1 aliphatic heterocycles. The van der Waals surface area contributed by atoms with Crippen LogP contribution in [0.5, 0.6) is 0 Å². The van der Waals surface area contributed by atoms with E-state index in [2.05, 4.69) is 34.3 Å². The number of nitrogens with one attached hydrogen (secondary N) is 1. The van der Waals surface area contributed by atoms with Crippen LogP contribution in [0.1, 0.15) is 30.1 Å². The lowest BCUT2D eigenvalue weighted by Gasteiger charge is -2.31. The van der Waals surface area contributed by atoms with Gasteiger partial charge in [-0.1, -0.05) is 37.3 Å². The summed E-state index contributed by atoms with van der Waals surface area (Å²) in [5, 5.41) is 6.41. The summed E-state index contributed by atoms with van der Waals surface area (Å²) in [6.45, 7) is 6.35. The molecule has 3 aromatic rings. The molecule has 1 saturated heterocycles. The Morgan fingerprint density at radius 1 is 1.15 bits per heavy atom. The second-order valence-electron chi connectivity index (χ2n) is 7.13. The molecule has 2 heterocycles. The van der Waals surface area contributed by atoms with Crippen molar-refractivity contribution in [2.75, 3.05) is 26.2 Å². The number of fused-ring (bicyclic) bond motifs is 3. The highest BCUT2D eigenvalue weighted by Crippen LogP contribution is 2.27. The summed E-state index contributed by atoms with van der Waals surface area (Å²) in [6.07, 6.45) is 4.07. The van der Waals surface area contributed by atoms with E-state index >= 15 is 0 Å². The van der Waals surface area contributed by atoms with Crippen molar-refractivity contribution in [1.82, 2.24) is 15.2 Å². The Labute approximate surface area is 154 Å². The Kier molecular flexibility index (Phi) is 4.85. The molecular weight excluding hydrogens is 322 g/mol. The Balaban J connectivity index is 1.56. The molecule has 0 spiro atoms. The molecule has 0 aliphatic carbocycles. The van der Waals surface area contributed by atoms with E-state index in [1.54, 1.807) is 6.20 Å². The fourth-order valence-corrected chi connectivity index (χ4v) is 3.94. The number of carbonyl (C=O) groups excluding carboxylic acids is 1. The van der Waals surface area contributed by atoms with Crippen LogP contribution in [0.4, 0.5) is 0 Å². The van der Waals surface area contributed by atoms with Crippen molar-refractivity contribution in [3.8, 4) is 0 Å². The molecule has 0 bridgehead atoms. The number of likely N-dealkylation sites (tertiary alicyclic amines) is 1. The number of amides is 1. The molecule has 0 saturated carbocycles. The molecule has 4 nitrogen and oxygen atoms in total. The lowest BCUT2D eigenvalue weighted by atomic mass is 9.96. The number of hydrogen-bond acceptors (Lipinski definition) is 3. The average molecular weight is 347 g/mol. The van der Waals surface area contributed by atoms with Gasteiger partial charge in [-0.2, -0.15) is 0 Å². The minimum Gasteiger partial charge on any atom is -0.352 e. The summed E-state index contributed by atoms with van der Waals surface area (Å²) in [5.41, 5.74) is 1.45. The smallest absolute Gasteiger partial charge is 0.253 e. The number of hydrogen-bond donors (Lipinski definition) is 1. The molecule has 1 aliphatic rings. The first-order valence-corrected chi connectivity index (χ1v) is 9.53. The van der Waals surface area contributed by atoms with E-state index in [1.807, 2.05) is 30.3 Å². The maximum atomic E-state index is 12.9. The van der Waals surface area contributed by atoms with E-state index < -0.39 is 0 Å². The monoisotopic (exact) mass is 347 g/mol. The summed E-state index contributed by atoms with van der Waals surface area (Å²) in [4.78, 5) is 19.9. The van der Waals surface area contributed by atoms with Crippen LogP contribution in [0.25, 0.3) is 21.7 Å². The topological polar surface area (TPSA) is 45.2 Å². The first-order chi connectivity index (χ1) is 12.8. The molecule has 4 rings (SSSR count). The van der Waals surface area contributed by atoms with Crippen LogP contribution in [-0.4, -0.2) is 42.0 Å². The van der Waals surface area contributed by atoms with Gasteiger partial charge in [-0.05, 0) is 61.3 Å². The number of nitrogens with zero attached hydrogens (tertiary/aromatic N) is 2. The zero-order valence-electron chi connectivity index (χ0n) is 15.2. The highest BCUT2D eigenvalue weighted by Gasteiger charge is 2.20. The quantitative estimate of drug-likeness (QED) is 0.729. The summed E-state index contributed by atoms with van der Waals surface area (Å²) < 4.78 is 0. The molecule has 26 heavy (non-hydrogen) atoms. The molecule has 134 valence electrons. The molecule has 1 amide bonds. The van der Waals surface area contributed by atoms with Crippen LogP contribution >= 0.6 is 0 Å². The van der Waals surface area contributed by atoms with Crippen molar-refractivity contribution >= 4 is 27.6 Å². The molecule has 4 heteroatoms. The van der Waals surface area contributed by atoms with Crippen LogP contribution in [-0.2, 0) is 0 Å². The van der Waals surface area contributed by atoms with Crippen LogP contribution in [0.15, 0.2) is 48.7 Å². The number of carbonyl (C=O) groups is 1. The minimum atomic E-state index is -0.0163. The fraction of sp³-hybridized carbons (Fsp3) is 0.364. The van der Waals surface area contributed by atoms with Crippen LogP contribution in [0, 0.1) is 5.92 Å². The lowest BCUT2D eigenvalue weighted by molar-refractivity contribution is 0.0938. The van der Waals surface area contributed by atoms with Gasteiger partial charge in [0, 0.05) is 18.1 Å². The molecule has 0 atom stereocenters. The number of pyridine rings is 1. The number of rotatable bonds is 4. The molecule has 0 unspecified atom stereocenters. The molecule has 2 aromatic carbocycles. The first kappa shape index (κ1) is 17.0. The predicted octanol–water partition coefficient (Wildman–Crippen LogP) is 3.85. The Hall–Kier alpha value is -2.46. The van der Waals surface area contributed by atoms with Gasteiger partial charge in [0.1, 0.15) is 0 Å². The minimum absolute atomic E-state index is 0.0163. The number of piperidine rings is 1. The second kappa shape index (κ2) is 7.42. The zero-order chi connectivity index (χ0) is 17.9. The first-order valence-electron chi connectivity index (χ1n) is 9.53. The predicted molar refractivity (Wildman–Crippen MR) is 106 cm³/mol. The zero-order valence-corrected chi connectivity index (χ0v) is 15.2. The fourth-order valence-electron chi connectivity index (χ4n) is 3.94. The largest absolute Gasteiger partial charge is 0.352 e. The van der Waals surface area contributed by atoms with Gasteiger partial charge in [-0.3, -0.25) is 9.78 Å². The maximum Gasteiger partial charge on any atom is 0.253 e. The van der Waals surface area contributed by atoms with Crippen LogP contribution in [0.3, 0.4) is 0 Å². The molecule has 1 N–H and O–H groups in total. The Morgan fingerprint density at radius 3 is 2.73 bits per heavy atom. The van der Waals surface area contributed by atoms with Gasteiger partial charge in [-0.15, -0.1) is 0 Å². The van der Waals surface area contributed by atoms with E-state index in [0.717, 1.165) is 60.7 Å². The summed E-state index contributed by atoms with van der Waals surface area (Å²) in [7, 11) is 0. The van der Waals surface area contributed by atoms with E-state index in [-0.39, 0.29) is 5.91 Å². The summed E-state index contributed by atoms with van der Waals surface area (Å²) in [6, 6.07) is 14.1. The molecule has 1 fully saturated rings. The van der Waals surface area contributed by atoms with Crippen molar-refractivity contribution in [3.05, 3.63) is 54.2 Å². The van der Waals surface area contributed by atoms with E-state index in [4.69, 9.17) is 0 Å². The third-order valence-electron chi connectivity index (χ3n) is 5.56. The standard InChI is InChI=1S/C22H25N3O/c1-2-25-12-9-16(10-13-25)15-24-22(26)20-14-17-6-3-4-7-18(17)19-8-5-11-23-21(19)20/h3-8,11,14,16H,2,9-10,12-13,15H2,1H3,(H,24,26). The van der Waals surface area contributed by atoms with Crippen molar-refractivity contribution in [2.24, 2.45) is 5.92 Å². The van der Waals surface area contributed by atoms with Crippen LogP contribution < -0.4 is 5.32 Å². The molecule has 0 radical (unpaired) electrons. The third-order valence-corrected chi connectivity index (χ3v) is 5.56. The summed E-state index contributed by atoms with van der Waals surface area (Å²) >= 11 is 0. The number of aromatic nitrogens is 1. The van der Waals surface area contributed by atoms with Gasteiger partial charge in [0.25, 0.3) is 5.91 Å². The average Bonchev–Trinajstić information content (AvgIpc) is 2.71. The SMILES string of the molecule is CCN1CCC(CNC(=O)c2cc3ccccc3c3cccnc23)CC1. The maximum absolute atomic E-state index is 12.9. The van der Waals surface area contributed by atoms with Gasteiger partial charge in [0.2, 0.25) is 0 Å². The Morgan fingerprint density at radius 2 is 1.92 bits per heavy atom. The van der Waals surface area contributed by atoms with E-state index in [9.17, 15) is 4.79 Å². The van der Waals surface area contributed by atoms with Gasteiger partial charge >= 0.3 is 0 Å². The van der Waals surface area contributed by atoms with Gasteiger partial charge in [-0.25, -0.2) is 0 Å². The molecule has 1 aromatic heterocycles. The van der Waals surface area contributed by atoms with E-state index in [0.29, 0.717) is 11.5 Å². The van der Waals surface area contributed by atoms with Gasteiger partial charge in [0.15, 0.2) is 0 Å². The second-order valence-corrected chi connectivity index (χ2v) is 7.13. The highest BCUT2D eigenvalue weighted by molar-refractivity contribution is 6.15. The normalized spacial score (nSPS) is 16.2. The lowest BCUT2D eigenvalue weighted by Crippen LogP contribution is -2.38. The van der Waals surface area contributed by atoms with Gasteiger partial charge < -0.3 is 10.2 Å². The summed E-state index contributed by atoms with van der Waals surface area (Å²) in [5.74, 6) is 0.554. The van der Waals surface area contributed by atoms with Crippen LogP contribution in [0.2, 0.25) is 0 Å². The van der Waals surface area contributed by atoms with Crippen molar-refractivity contribution in [2.45, 2.75) is 19.8 Å². The van der Waals surface area contributed by atoms with Crippen molar-refractivity contribution in [3.63, 3.8) is 0 Å². The van der Waals surface area contributed by atoms with E-state index in [1.165, 1.54) is 0 Å². The van der Waals surface area contributed by atoms with Gasteiger partial charge in [0.05, 0.1) is 11.1 Å². The molecular formula is C22H25N3O.